The number of ether oxygens (including phenoxy) is 1. The van der Waals surface area contributed by atoms with E-state index in [4.69, 9.17) is 4.74 Å². The third-order valence-corrected chi connectivity index (χ3v) is 4.32. The largest absolute Gasteiger partial charge is 0.489 e. The first-order valence-electron chi connectivity index (χ1n) is 9.27. The lowest BCUT2D eigenvalue weighted by Crippen LogP contribution is -2.38. The predicted molar refractivity (Wildman–Crippen MR) is 126 cm³/mol. The van der Waals surface area contributed by atoms with Gasteiger partial charge < -0.3 is 15.4 Å². The second-order valence-electron chi connectivity index (χ2n) is 6.32. The van der Waals surface area contributed by atoms with Crippen molar-refractivity contribution in [3.8, 4) is 5.75 Å². The van der Waals surface area contributed by atoms with E-state index in [1.165, 1.54) is 5.56 Å². The number of hydrogen-bond acceptors (Lipinski definition) is 4. The SMILES string of the molecule is CN=C(NCCc1ccc(OCc2ccccc2)cc1)NCc1ncnn1C.I. The molecule has 2 N–H and O–H groups in total. The summed E-state index contributed by atoms with van der Waals surface area (Å²) >= 11 is 0. The highest BCUT2D eigenvalue weighted by Gasteiger charge is 2.03. The highest BCUT2D eigenvalue weighted by atomic mass is 127. The number of benzene rings is 2. The quantitative estimate of drug-likeness (QED) is 0.279. The van der Waals surface area contributed by atoms with Crippen molar-refractivity contribution < 1.29 is 4.74 Å². The summed E-state index contributed by atoms with van der Waals surface area (Å²) in [7, 11) is 3.62. The fourth-order valence-electron chi connectivity index (χ4n) is 2.68. The van der Waals surface area contributed by atoms with E-state index in [0.717, 1.165) is 36.1 Å². The minimum Gasteiger partial charge on any atom is -0.489 e. The molecule has 1 heterocycles. The molecule has 0 spiro atoms. The zero-order chi connectivity index (χ0) is 19.6. The van der Waals surface area contributed by atoms with Crippen LogP contribution < -0.4 is 15.4 Å². The van der Waals surface area contributed by atoms with Crippen LogP contribution in [0.4, 0.5) is 0 Å². The zero-order valence-corrected chi connectivity index (χ0v) is 19.0. The molecule has 0 saturated carbocycles. The molecule has 0 fully saturated rings. The van der Waals surface area contributed by atoms with Gasteiger partial charge in [0, 0.05) is 20.6 Å². The molecule has 154 valence electrons. The zero-order valence-electron chi connectivity index (χ0n) is 16.7. The Bertz CT molecular complexity index is 880. The van der Waals surface area contributed by atoms with Gasteiger partial charge in [0.25, 0.3) is 0 Å². The number of rotatable bonds is 8. The van der Waals surface area contributed by atoms with Crippen LogP contribution in [0.5, 0.6) is 5.75 Å². The molecule has 0 bridgehead atoms. The second kappa shape index (κ2) is 12.1. The Morgan fingerprint density at radius 1 is 1.03 bits per heavy atom. The van der Waals surface area contributed by atoms with Crippen LogP contribution in [0.25, 0.3) is 0 Å². The second-order valence-corrected chi connectivity index (χ2v) is 6.32. The standard InChI is InChI=1S/C21H26N6O.HI/c1-22-21(24-14-20-25-16-26-27(20)2)23-13-12-17-8-10-19(11-9-17)28-15-18-6-4-3-5-7-18;/h3-11,16H,12-15H2,1-2H3,(H2,22,23,24);1H. The van der Waals surface area contributed by atoms with Gasteiger partial charge in [-0.3, -0.25) is 9.67 Å². The summed E-state index contributed by atoms with van der Waals surface area (Å²) in [6.45, 7) is 1.93. The lowest BCUT2D eigenvalue weighted by molar-refractivity contribution is 0.306. The predicted octanol–water partition coefficient (Wildman–Crippen LogP) is 2.92. The molecule has 0 aliphatic heterocycles. The average Bonchev–Trinajstić information content (AvgIpc) is 3.15. The Morgan fingerprint density at radius 3 is 2.45 bits per heavy atom. The Morgan fingerprint density at radius 2 is 1.79 bits per heavy atom. The van der Waals surface area contributed by atoms with Crippen LogP contribution in [0.1, 0.15) is 17.0 Å². The van der Waals surface area contributed by atoms with Gasteiger partial charge in [0.2, 0.25) is 0 Å². The minimum absolute atomic E-state index is 0. The van der Waals surface area contributed by atoms with Crippen molar-refractivity contribution in [2.24, 2.45) is 12.0 Å². The van der Waals surface area contributed by atoms with Crippen LogP contribution in [0, 0.1) is 0 Å². The van der Waals surface area contributed by atoms with Gasteiger partial charge in [0.1, 0.15) is 24.5 Å². The fourth-order valence-corrected chi connectivity index (χ4v) is 2.68. The molecule has 0 aliphatic rings. The maximum absolute atomic E-state index is 5.83. The molecule has 0 aliphatic carbocycles. The number of nitrogens with one attached hydrogen (secondary N) is 2. The van der Waals surface area contributed by atoms with Crippen LogP contribution in [-0.2, 0) is 26.6 Å². The van der Waals surface area contributed by atoms with Crippen molar-refractivity contribution in [3.63, 3.8) is 0 Å². The maximum atomic E-state index is 5.83. The number of aliphatic imine (C=N–C) groups is 1. The van der Waals surface area contributed by atoms with E-state index in [0.29, 0.717) is 13.2 Å². The van der Waals surface area contributed by atoms with Gasteiger partial charge >= 0.3 is 0 Å². The molecular formula is C21H27IN6O. The van der Waals surface area contributed by atoms with Gasteiger partial charge in [0.05, 0.1) is 6.54 Å². The summed E-state index contributed by atoms with van der Waals surface area (Å²) in [6, 6.07) is 18.4. The van der Waals surface area contributed by atoms with Crippen LogP contribution in [-0.4, -0.2) is 34.3 Å². The van der Waals surface area contributed by atoms with E-state index in [1.54, 1.807) is 18.1 Å². The van der Waals surface area contributed by atoms with E-state index >= 15 is 0 Å². The number of guanidine groups is 1. The van der Waals surface area contributed by atoms with Crippen LogP contribution in [0.3, 0.4) is 0 Å². The third-order valence-electron chi connectivity index (χ3n) is 4.32. The van der Waals surface area contributed by atoms with Crippen molar-refractivity contribution in [1.82, 2.24) is 25.4 Å². The molecule has 0 radical (unpaired) electrons. The Hall–Kier alpha value is -2.62. The Balaban J connectivity index is 0.00000300. The number of nitrogens with zero attached hydrogens (tertiary/aromatic N) is 4. The van der Waals surface area contributed by atoms with Crippen molar-refractivity contribution >= 4 is 29.9 Å². The summed E-state index contributed by atoms with van der Waals surface area (Å²) in [5, 5.41) is 10.6. The number of halogens is 1. The summed E-state index contributed by atoms with van der Waals surface area (Å²) in [4.78, 5) is 8.42. The molecule has 0 saturated heterocycles. The van der Waals surface area contributed by atoms with Crippen molar-refractivity contribution in [1.29, 1.82) is 0 Å². The topological polar surface area (TPSA) is 76.4 Å². The lowest BCUT2D eigenvalue weighted by Gasteiger charge is -2.12. The monoisotopic (exact) mass is 506 g/mol. The number of hydrogen-bond donors (Lipinski definition) is 2. The highest BCUT2D eigenvalue weighted by molar-refractivity contribution is 14.0. The van der Waals surface area contributed by atoms with Gasteiger partial charge in [0.15, 0.2) is 5.96 Å². The molecular weight excluding hydrogens is 479 g/mol. The maximum Gasteiger partial charge on any atom is 0.191 e. The number of aryl methyl sites for hydroxylation is 1. The Kier molecular flexibility index (Phi) is 9.42. The van der Waals surface area contributed by atoms with Gasteiger partial charge in [-0.05, 0) is 29.7 Å². The van der Waals surface area contributed by atoms with Crippen molar-refractivity contribution in [3.05, 3.63) is 77.9 Å². The molecule has 0 amide bonds. The molecule has 7 nitrogen and oxygen atoms in total. The molecule has 8 heteroatoms. The van der Waals surface area contributed by atoms with E-state index < -0.39 is 0 Å². The molecule has 3 aromatic rings. The lowest BCUT2D eigenvalue weighted by atomic mass is 10.1. The highest BCUT2D eigenvalue weighted by Crippen LogP contribution is 2.14. The summed E-state index contributed by atoms with van der Waals surface area (Å²) in [6.07, 6.45) is 2.43. The fraction of sp³-hybridized carbons (Fsp3) is 0.286. The number of aromatic nitrogens is 3. The summed E-state index contributed by atoms with van der Waals surface area (Å²) in [5.41, 5.74) is 2.40. The Labute approximate surface area is 188 Å². The summed E-state index contributed by atoms with van der Waals surface area (Å²) < 4.78 is 7.56. The van der Waals surface area contributed by atoms with Crippen LogP contribution in [0.15, 0.2) is 65.9 Å². The van der Waals surface area contributed by atoms with Crippen molar-refractivity contribution in [2.45, 2.75) is 19.6 Å². The van der Waals surface area contributed by atoms with Crippen LogP contribution >= 0.6 is 24.0 Å². The first-order valence-corrected chi connectivity index (χ1v) is 9.27. The van der Waals surface area contributed by atoms with E-state index in [-0.39, 0.29) is 24.0 Å². The van der Waals surface area contributed by atoms with Gasteiger partial charge in [-0.2, -0.15) is 5.10 Å². The van der Waals surface area contributed by atoms with Gasteiger partial charge in [-0.1, -0.05) is 42.5 Å². The average molecular weight is 506 g/mol. The third kappa shape index (κ3) is 7.37. The molecule has 0 atom stereocenters. The first-order chi connectivity index (χ1) is 13.7. The molecule has 0 unspecified atom stereocenters. The molecule has 1 aromatic heterocycles. The van der Waals surface area contributed by atoms with Crippen molar-refractivity contribution in [2.75, 3.05) is 13.6 Å². The van der Waals surface area contributed by atoms with Crippen LogP contribution in [0.2, 0.25) is 0 Å². The van der Waals surface area contributed by atoms with E-state index in [1.807, 2.05) is 37.4 Å². The first kappa shape index (κ1) is 22.7. The molecule has 3 rings (SSSR count). The molecule has 29 heavy (non-hydrogen) atoms. The van der Waals surface area contributed by atoms with E-state index in [9.17, 15) is 0 Å². The smallest absolute Gasteiger partial charge is 0.191 e. The van der Waals surface area contributed by atoms with Gasteiger partial charge in [-0.25, -0.2) is 4.98 Å². The van der Waals surface area contributed by atoms with E-state index in [2.05, 4.69) is 50.0 Å². The summed E-state index contributed by atoms with van der Waals surface area (Å²) in [5.74, 6) is 2.47. The van der Waals surface area contributed by atoms with Gasteiger partial charge in [-0.15, -0.1) is 24.0 Å². The normalized spacial score (nSPS) is 10.9. The molecule has 2 aromatic carbocycles. The minimum atomic E-state index is 0.